The van der Waals surface area contributed by atoms with Gasteiger partial charge >= 0.3 is 0 Å². The van der Waals surface area contributed by atoms with E-state index in [0.717, 1.165) is 18.5 Å². The molecule has 1 aromatic heterocycles. The van der Waals surface area contributed by atoms with Gasteiger partial charge in [-0.1, -0.05) is 6.07 Å². The van der Waals surface area contributed by atoms with Crippen LogP contribution in [0.5, 0.6) is 0 Å². The molecule has 0 unspecified atom stereocenters. The van der Waals surface area contributed by atoms with E-state index in [0.29, 0.717) is 11.6 Å². The van der Waals surface area contributed by atoms with Crippen LogP contribution in [-0.4, -0.2) is 34.7 Å². The van der Waals surface area contributed by atoms with Crippen LogP contribution in [0.25, 0.3) is 0 Å². The summed E-state index contributed by atoms with van der Waals surface area (Å²) >= 11 is 0. The molecular weight excluding hydrogens is 363 g/mol. The molecule has 1 atom stereocenters. The maximum absolute atomic E-state index is 13.4. The molecule has 0 spiro atoms. The molecule has 28 heavy (non-hydrogen) atoms. The lowest BCUT2D eigenvalue weighted by atomic mass is 10.1. The fourth-order valence-corrected chi connectivity index (χ4v) is 3.43. The molecule has 0 radical (unpaired) electrons. The molecule has 1 aliphatic carbocycles. The number of nitrogens with zero attached hydrogens (tertiary/aromatic N) is 3. The largest absolute Gasteiger partial charge is 0.354 e. The van der Waals surface area contributed by atoms with Gasteiger partial charge in [0.05, 0.1) is 18.2 Å². The zero-order valence-corrected chi connectivity index (χ0v) is 15.3. The van der Waals surface area contributed by atoms with E-state index in [1.165, 1.54) is 33.8 Å². The Kier molecular flexibility index (Phi) is 4.93. The predicted octanol–water partition coefficient (Wildman–Crippen LogP) is 1.43. The Morgan fingerprint density at radius 2 is 2.04 bits per heavy atom. The van der Waals surface area contributed by atoms with Crippen LogP contribution in [0.15, 0.2) is 41.2 Å². The van der Waals surface area contributed by atoms with Crippen molar-refractivity contribution in [1.82, 2.24) is 15.1 Å². The first-order chi connectivity index (χ1) is 13.5. The Balaban J connectivity index is 1.33. The molecule has 4 rings (SSSR count). The van der Waals surface area contributed by atoms with Gasteiger partial charge in [0.2, 0.25) is 11.8 Å². The van der Waals surface area contributed by atoms with Gasteiger partial charge in [-0.3, -0.25) is 14.4 Å². The van der Waals surface area contributed by atoms with Gasteiger partial charge in [0.25, 0.3) is 5.56 Å². The highest BCUT2D eigenvalue weighted by atomic mass is 19.1. The normalized spacial score (nSPS) is 19.1. The molecule has 1 saturated heterocycles. The van der Waals surface area contributed by atoms with Crippen LogP contribution in [0.4, 0.5) is 10.1 Å². The number of carbonyl (C=O) groups is 2. The standard InChI is InChI=1S/C20H21FN4O3/c21-15-2-1-3-16(11-15)24-12-14(10-19(24)27)20(28)22-8-9-25-18(26)7-6-17(23-25)13-4-5-13/h1-3,6-7,11,13-14H,4-5,8-10,12H2,(H,22,28)/t14-/m0/s1. The fourth-order valence-electron chi connectivity index (χ4n) is 3.43. The predicted molar refractivity (Wildman–Crippen MR) is 100 cm³/mol. The minimum absolute atomic E-state index is 0.0811. The highest BCUT2D eigenvalue weighted by molar-refractivity contribution is 6.00. The summed E-state index contributed by atoms with van der Waals surface area (Å²) in [7, 11) is 0. The van der Waals surface area contributed by atoms with Crippen molar-refractivity contribution >= 4 is 17.5 Å². The van der Waals surface area contributed by atoms with Crippen molar-refractivity contribution in [3.05, 3.63) is 58.3 Å². The number of nitrogens with one attached hydrogen (secondary N) is 1. The summed E-state index contributed by atoms with van der Waals surface area (Å²) in [6, 6.07) is 9.04. The lowest BCUT2D eigenvalue weighted by molar-refractivity contribution is -0.126. The number of aromatic nitrogens is 2. The average Bonchev–Trinajstić information content (AvgIpc) is 3.45. The van der Waals surface area contributed by atoms with Gasteiger partial charge in [-0.05, 0) is 37.1 Å². The molecule has 146 valence electrons. The maximum atomic E-state index is 13.4. The van der Waals surface area contributed by atoms with Crippen LogP contribution < -0.4 is 15.8 Å². The number of rotatable bonds is 6. The topological polar surface area (TPSA) is 84.3 Å². The highest BCUT2D eigenvalue weighted by Gasteiger charge is 2.35. The second-order valence-electron chi connectivity index (χ2n) is 7.27. The Morgan fingerprint density at radius 1 is 1.21 bits per heavy atom. The monoisotopic (exact) mass is 384 g/mol. The lowest BCUT2D eigenvalue weighted by Gasteiger charge is -2.16. The number of anilines is 1. The minimum atomic E-state index is -0.502. The van der Waals surface area contributed by atoms with E-state index in [9.17, 15) is 18.8 Å². The van der Waals surface area contributed by atoms with E-state index in [1.807, 2.05) is 0 Å². The summed E-state index contributed by atoms with van der Waals surface area (Å²) in [4.78, 5) is 38.0. The van der Waals surface area contributed by atoms with Crippen molar-refractivity contribution in [2.24, 2.45) is 5.92 Å². The summed E-state index contributed by atoms with van der Waals surface area (Å²) in [5.74, 6) is -0.943. The van der Waals surface area contributed by atoms with Gasteiger partial charge in [-0.25, -0.2) is 9.07 Å². The van der Waals surface area contributed by atoms with E-state index in [2.05, 4.69) is 10.4 Å². The summed E-state index contributed by atoms with van der Waals surface area (Å²) in [6.07, 6.45) is 2.27. The molecule has 8 heteroatoms. The smallest absolute Gasteiger partial charge is 0.266 e. The van der Waals surface area contributed by atoms with Crippen molar-refractivity contribution in [2.75, 3.05) is 18.0 Å². The third-order valence-electron chi connectivity index (χ3n) is 5.12. The quantitative estimate of drug-likeness (QED) is 0.817. The SMILES string of the molecule is O=C(NCCn1nc(C2CC2)ccc1=O)[C@H]1CC(=O)N(c2cccc(F)c2)C1. The molecule has 2 aliphatic rings. The Morgan fingerprint density at radius 3 is 2.79 bits per heavy atom. The fraction of sp³-hybridized carbons (Fsp3) is 0.400. The maximum Gasteiger partial charge on any atom is 0.266 e. The number of amides is 2. The van der Waals surface area contributed by atoms with Gasteiger partial charge in [0, 0.05) is 37.2 Å². The first-order valence-corrected chi connectivity index (χ1v) is 9.43. The molecular formula is C20H21FN4O3. The molecule has 7 nitrogen and oxygen atoms in total. The average molecular weight is 384 g/mol. The van der Waals surface area contributed by atoms with E-state index in [1.54, 1.807) is 12.1 Å². The number of hydrogen-bond donors (Lipinski definition) is 1. The second kappa shape index (κ2) is 7.53. The zero-order valence-electron chi connectivity index (χ0n) is 15.3. The van der Waals surface area contributed by atoms with Gasteiger partial charge in [0.1, 0.15) is 5.82 Å². The number of carbonyl (C=O) groups excluding carboxylic acids is 2. The number of hydrogen-bond acceptors (Lipinski definition) is 4. The van der Waals surface area contributed by atoms with Gasteiger partial charge in [0.15, 0.2) is 0 Å². The molecule has 1 aromatic carbocycles. The van der Waals surface area contributed by atoms with E-state index < -0.39 is 11.7 Å². The van der Waals surface area contributed by atoms with E-state index >= 15 is 0 Å². The highest BCUT2D eigenvalue weighted by Crippen LogP contribution is 2.38. The first kappa shape index (κ1) is 18.3. The van der Waals surface area contributed by atoms with Crippen molar-refractivity contribution in [3.8, 4) is 0 Å². The van der Waals surface area contributed by atoms with Crippen molar-refractivity contribution in [3.63, 3.8) is 0 Å². The first-order valence-electron chi connectivity index (χ1n) is 9.43. The van der Waals surface area contributed by atoms with Gasteiger partial charge in [-0.2, -0.15) is 5.10 Å². The molecule has 2 aromatic rings. The van der Waals surface area contributed by atoms with E-state index in [-0.39, 0.29) is 43.4 Å². The molecule has 1 aliphatic heterocycles. The van der Waals surface area contributed by atoms with Crippen LogP contribution in [0.2, 0.25) is 0 Å². The molecule has 0 bridgehead atoms. The van der Waals surface area contributed by atoms with Crippen LogP contribution in [-0.2, 0) is 16.1 Å². The lowest BCUT2D eigenvalue weighted by Crippen LogP contribution is -2.36. The van der Waals surface area contributed by atoms with E-state index in [4.69, 9.17) is 0 Å². The summed E-state index contributed by atoms with van der Waals surface area (Å²) < 4.78 is 14.8. The third kappa shape index (κ3) is 3.95. The Labute approximate surface area is 161 Å². The molecule has 2 amide bonds. The molecule has 2 heterocycles. The van der Waals surface area contributed by atoms with Crippen LogP contribution >= 0.6 is 0 Å². The number of benzene rings is 1. The van der Waals surface area contributed by atoms with Crippen molar-refractivity contribution < 1.29 is 14.0 Å². The van der Waals surface area contributed by atoms with Crippen LogP contribution in [0, 0.1) is 11.7 Å². The summed E-state index contributed by atoms with van der Waals surface area (Å²) in [6.45, 7) is 0.743. The molecule has 2 fully saturated rings. The third-order valence-corrected chi connectivity index (χ3v) is 5.12. The van der Waals surface area contributed by atoms with Crippen LogP contribution in [0.1, 0.15) is 30.9 Å². The molecule has 1 saturated carbocycles. The summed E-state index contributed by atoms with van der Waals surface area (Å²) in [5, 5.41) is 7.13. The Bertz CT molecular complexity index is 970. The summed E-state index contributed by atoms with van der Waals surface area (Å²) in [5.41, 5.74) is 1.16. The zero-order chi connectivity index (χ0) is 19.7. The van der Waals surface area contributed by atoms with Crippen molar-refractivity contribution in [1.29, 1.82) is 0 Å². The number of halogens is 1. The Hall–Kier alpha value is -3.03. The molecule has 1 N–H and O–H groups in total. The van der Waals surface area contributed by atoms with Gasteiger partial charge in [-0.15, -0.1) is 0 Å². The van der Waals surface area contributed by atoms with Gasteiger partial charge < -0.3 is 10.2 Å². The second-order valence-corrected chi connectivity index (χ2v) is 7.27. The van der Waals surface area contributed by atoms with Crippen molar-refractivity contribution in [2.45, 2.75) is 31.7 Å². The van der Waals surface area contributed by atoms with Crippen LogP contribution in [0.3, 0.4) is 0 Å². The minimum Gasteiger partial charge on any atom is -0.354 e.